The molecule has 4 heteroatoms. The molecule has 1 fully saturated rings. The summed E-state index contributed by atoms with van der Waals surface area (Å²) < 4.78 is 0.716. The normalized spacial score (nSPS) is 18.2. The van der Waals surface area contributed by atoms with Gasteiger partial charge in [-0.3, -0.25) is 0 Å². The second-order valence-electron chi connectivity index (χ2n) is 3.77. The second-order valence-corrected chi connectivity index (χ2v) is 5.03. The van der Waals surface area contributed by atoms with E-state index in [0.29, 0.717) is 16.0 Å². The number of rotatable bonds is 2. The van der Waals surface area contributed by atoms with Gasteiger partial charge in [0.2, 0.25) is 0 Å². The van der Waals surface area contributed by atoms with Gasteiger partial charge in [-0.15, -0.1) is 0 Å². The van der Waals surface area contributed by atoms with Crippen molar-refractivity contribution in [1.82, 2.24) is 0 Å². The van der Waals surface area contributed by atoms with Crippen LogP contribution in [-0.4, -0.2) is 11.7 Å². The first-order chi connectivity index (χ1) is 6.59. The summed E-state index contributed by atoms with van der Waals surface area (Å²) in [5.74, 6) is 0.282. The zero-order valence-corrected chi connectivity index (χ0v) is 9.90. The molecular weight excluding hydrogens is 265 g/mol. The average Bonchev–Trinajstić information content (AvgIpc) is 2.92. The van der Waals surface area contributed by atoms with E-state index in [0.717, 1.165) is 18.4 Å². The SMILES string of the molecule is NCC1(c2cc(Cl)c(Br)cc2O)CC1. The van der Waals surface area contributed by atoms with Crippen LogP contribution >= 0.6 is 27.5 Å². The molecule has 0 bridgehead atoms. The van der Waals surface area contributed by atoms with Crippen LogP contribution in [0.25, 0.3) is 0 Å². The molecular formula is C10H11BrClNO. The minimum absolute atomic E-state index is 0.0194. The van der Waals surface area contributed by atoms with Crippen LogP contribution in [0.15, 0.2) is 16.6 Å². The van der Waals surface area contributed by atoms with Gasteiger partial charge >= 0.3 is 0 Å². The lowest BCUT2D eigenvalue weighted by molar-refractivity contribution is 0.458. The summed E-state index contributed by atoms with van der Waals surface area (Å²) in [5.41, 5.74) is 6.56. The highest BCUT2D eigenvalue weighted by Crippen LogP contribution is 2.51. The summed E-state index contributed by atoms with van der Waals surface area (Å²) in [4.78, 5) is 0. The predicted octanol–water partition coefficient (Wildman–Crippen LogP) is 2.80. The Balaban J connectivity index is 2.49. The Kier molecular flexibility index (Phi) is 2.50. The molecule has 2 rings (SSSR count). The van der Waals surface area contributed by atoms with Crippen LogP contribution in [0.5, 0.6) is 5.75 Å². The molecule has 0 aromatic heterocycles. The monoisotopic (exact) mass is 275 g/mol. The molecule has 1 aromatic rings. The molecule has 0 radical (unpaired) electrons. The van der Waals surface area contributed by atoms with Gasteiger partial charge in [-0.25, -0.2) is 0 Å². The number of hydrogen-bond donors (Lipinski definition) is 2. The van der Waals surface area contributed by atoms with Crippen LogP contribution in [0.1, 0.15) is 18.4 Å². The van der Waals surface area contributed by atoms with Crippen LogP contribution in [0, 0.1) is 0 Å². The Morgan fingerprint density at radius 3 is 2.64 bits per heavy atom. The Labute approximate surface area is 96.2 Å². The molecule has 0 saturated heterocycles. The van der Waals surface area contributed by atoms with Crippen molar-refractivity contribution >= 4 is 27.5 Å². The first kappa shape index (κ1) is 10.3. The second kappa shape index (κ2) is 3.40. The third kappa shape index (κ3) is 1.53. The lowest BCUT2D eigenvalue weighted by Gasteiger charge is -2.15. The fourth-order valence-electron chi connectivity index (χ4n) is 1.70. The minimum Gasteiger partial charge on any atom is -0.508 e. The third-order valence-corrected chi connectivity index (χ3v) is 4.05. The van der Waals surface area contributed by atoms with Gasteiger partial charge < -0.3 is 10.8 Å². The van der Waals surface area contributed by atoms with E-state index in [1.165, 1.54) is 0 Å². The van der Waals surface area contributed by atoms with Crippen LogP contribution in [0.3, 0.4) is 0 Å². The van der Waals surface area contributed by atoms with Crippen molar-refractivity contribution in [2.45, 2.75) is 18.3 Å². The maximum atomic E-state index is 9.78. The van der Waals surface area contributed by atoms with E-state index in [-0.39, 0.29) is 11.2 Å². The third-order valence-electron chi connectivity index (χ3n) is 2.85. The predicted molar refractivity (Wildman–Crippen MR) is 60.8 cm³/mol. The lowest BCUT2D eigenvalue weighted by Crippen LogP contribution is -2.19. The molecule has 1 aliphatic rings. The molecule has 1 aliphatic carbocycles. The molecule has 0 heterocycles. The summed E-state index contributed by atoms with van der Waals surface area (Å²) >= 11 is 9.24. The fourth-order valence-corrected chi connectivity index (χ4v) is 2.19. The topological polar surface area (TPSA) is 46.2 Å². The summed E-state index contributed by atoms with van der Waals surface area (Å²) in [7, 11) is 0. The molecule has 76 valence electrons. The van der Waals surface area contributed by atoms with E-state index in [4.69, 9.17) is 17.3 Å². The van der Waals surface area contributed by atoms with Gasteiger partial charge in [0.25, 0.3) is 0 Å². The van der Waals surface area contributed by atoms with E-state index in [2.05, 4.69) is 15.9 Å². The Bertz CT molecular complexity index is 377. The highest BCUT2D eigenvalue weighted by Gasteiger charge is 2.44. The van der Waals surface area contributed by atoms with Crippen molar-refractivity contribution in [3.8, 4) is 5.75 Å². The van der Waals surface area contributed by atoms with E-state index in [9.17, 15) is 5.11 Å². The van der Waals surface area contributed by atoms with Gasteiger partial charge in [-0.05, 0) is 40.9 Å². The molecule has 1 saturated carbocycles. The fraction of sp³-hybridized carbons (Fsp3) is 0.400. The minimum atomic E-state index is -0.0194. The smallest absolute Gasteiger partial charge is 0.120 e. The molecule has 0 spiro atoms. The lowest BCUT2D eigenvalue weighted by atomic mass is 9.95. The standard InChI is InChI=1S/C10H11BrClNO/c11-7-4-9(14)6(3-8(7)12)10(5-13)1-2-10/h3-4,14H,1-2,5,13H2. The number of nitrogens with two attached hydrogens (primary N) is 1. The highest BCUT2D eigenvalue weighted by atomic mass is 79.9. The summed E-state index contributed by atoms with van der Waals surface area (Å²) in [6.07, 6.45) is 2.07. The molecule has 0 aliphatic heterocycles. The highest BCUT2D eigenvalue weighted by molar-refractivity contribution is 9.10. The van der Waals surface area contributed by atoms with Crippen LogP contribution in [-0.2, 0) is 5.41 Å². The summed E-state index contributed by atoms with van der Waals surface area (Å²) in [5, 5.41) is 10.4. The van der Waals surface area contributed by atoms with Gasteiger partial charge in [-0.1, -0.05) is 11.6 Å². The molecule has 0 unspecified atom stereocenters. The van der Waals surface area contributed by atoms with Crippen molar-refractivity contribution in [3.63, 3.8) is 0 Å². The number of aromatic hydroxyl groups is 1. The van der Waals surface area contributed by atoms with Gasteiger partial charge in [0.1, 0.15) is 5.75 Å². The largest absolute Gasteiger partial charge is 0.508 e. The van der Waals surface area contributed by atoms with Crippen LogP contribution in [0.4, 0.5) is 0 Å². The van der Waals surface area contributed by atoms with Crippen molar-refractivity contribution in [2.24, 2.45) is 5.73 Å². The first-order valence-electron chi connectivity index (χ1n) is 4.48. The van der Waals surface area contributed by atoms with E-state index in [1.54, 1.807) is 12.1 Å². The zero-order valence-electron chi connectivity index (χ0n) is 7.56. The maximum absolute atomic E-state index is 9.78. The zero-order chi connectivity index (χ0) is 10.3. The molecule has 1 aromatic carbocycles. The molecule has 0 atom stereocenters. The first-order valence-corrected chi connectivity index (χ1v) is 5.65. The summed E-state index contributed by atoms with van der Waals surface area (Å²) in [6, 6.07) is 3.44. The Morgan fingerprint density at radius 2 is 2.14 bits per heavy atom. The van der Waals surface area contributed by atoms with Gasteiger partial charge in [0.05, 0.1) is 5.02 Å². The Morgan fingerprint density at radius 1 is 1.50 bits per heavy atom. The Hall–Kier alpha value is -0.250. The molecule has 0 amide bonds. The van der Waals surface area contributed by atoms with Crippen molar-refractivity contribution in [3.05, 3.63) is 27.2 Å². The molecule has 14 heavy (non-hydrogen) atoms. The number of benzene rings is 1. The number of halogens is 2. The van der Waals surface area contributed by atoms with Crippen LogP contribution < -0.4 is 5.73 Å². The van der Waals surface area contributed by atoms with E-state index in [1.807, 2.05) is 0 Å². The van der Waals surface area contributed by atoms with Crippen molar-refractivity contribution in [2.75, 3.05) is 6.54 Å². The molecule has 3 N–H and O–H groups in total. The van der Waals surface area contributed by atoms with Gasteiger partial charge in [-0.2, -0.15) is 0 Å². The van der Waals surface area contributed by atoms with E-state index < -0.39 is 0 Å². The summed E-state index contributed by atoms with van der Waals surface area (Å²) in [6.45, 7) is 0.568. The number of phenolic OH excluding ortho intramolecular Hbond substituents is 1. The van der Waals surface area contributed by atoms with Gasteiger partial charge in [0.15, 0.2) is 0 Å². The quantitative estimate of drug-likeness (QED) is 0.872. The maximum Gasteiger partial charge on any atom is 0.120 e. The van der Waals surface area contributed by atoms with E-state index >= 15 is 0 Å². The van der Waals surface area contributed by atoms with Gasteiger partial charge in [0, 0.05) is 22.0 Å². The number of phenols is 1. The van der Waals surface area contributed by atoms with Crippen molar-refractivity contribution < 1.29 is 5.11 Å². The van der Waals surface area contributed by atoms with Crippen molar-refractivity contribution in [1.29, 1.82) is 0 Å². The molecule has 2 nitrogen and oxygen atoms in total. The van der Waals surface area contributed by atoms with Crippen LogP contribution in [0.2, 0.25) is 5.02 Å². The number of hydrogen-bond acceptors (Lipinski definition) is 2. The average molecular weight is 277 g/mol.